The number of hydrogen-bond acceptors (Lipinski definition) is 3. The van der Waals surface area contributed by atoms with Crippen LogP contribution in [0.2, 0.25) is 0 Å². The number of halogens is 1. The standard InChI is InChI=1S/C7H9IN2O/c8-6-2-1-4-10-7(6)11-5-3-9/h1-2,4H,3,5,9H2. The summed E-state index contributed by atoms with van der Waals surface area (Å²) in [6.07, 6.45) is 1.70. The van der Waals surface area contributed by atoms with E-state index in [-0.39, 0.29) is 0 Å². The Bertz CT molecular complexity index is 229. The van der Waals surface area contributed by atoms with Gasteiger partial charge in [0.05, 0.1) is 3.57 Å². The highest BCUT2D eigenvalue weighted by Crippen LogP contribution is 2.15. The Morgan fingerprint density at radius 2 is 2.45 bits per heavy atom. The van der Waals surface area contributed by atoms with Crippen molar-refractivity contribution in [3.05, 3.63) is 21.9 Å². The zero-order chi connectivity index (χ0) is 8.10. The van der Waals surface area contributed by atoms with Gasteiger partial charge in [-0.3, -0.25) is 0 Å². The average Bonchev–Trinajstić information content (AvgIpc) is 2.03. The zero-order valence-corrected chi connectivity index (χ0v) is 8.11. The number of aromatic nitrogens is 1. The van der Waals surface area contributed by atoms with E-state index >= 15 is 0 Å². The van der Waals surface area contributed by atoms with Crippen LogP contribution < -0.4 is 10.5 Å². The summed E-state index contributed by atoms with van der Waals surface area (Å²) < 4.78 is 6.25. The number of pyridine rings is 1. The number of ether oxygens (including phenoxy) is 1. The first kappa shape index (κ1) is 8.73. The summed E-state index contributed by atoms with van der Waals surface area (Å²) in [4.78, 5) is 4.03. The monoisotopic (exact) mass is 264 g/mol. The van der Waals surface area contributed by atoms with E-state index in [0.29, 0.717) is 19.0 Å². The van der Waals surface area contributed by atoms with Crippen LogP contribution in [-0.4, -0.2) is 18.1 Å². The van der Waals surface area contributed by atoms with Crippen LogP contribution >= 0.6 is 22.6 Å². The number of nitrogens with two attached hydrogens (primary N) is 1. The molecule has 0 unspecified atom stereocenters. The van der Waals surface area contributed by atoms with E-state index in [1.165, 1.54) is 0 Å². The van der Waals surface area contributed by atoms with Crippen LogP contribution in [0.5, 0.6) is 5.88 Å². The van der Waals surface area contributed by atoms with Crippen molar-refractivity contribution in [1.82, 2.24) is 4.98 Å². The smallest absolute Gasteiger partial charge is 0.227 e. The van der Waals surface area contributed by atoms with Crippen molar-refractivity contribution in [1.29, 1.82) is 0 Å². The first-order valence-corrected chi connectivity index (χ1v) is 4.36. The van der Waals surface area contributed by atoms with Crippen molar-refractivity contribution >= 4 is 22.6 Å². The Balaban J connectivity index is 2.62. The van der Waals surface area contributed by atoms with Crippen LogP contribution in [0.4, 0.5) is 0 Å². The normalized spacial score (nSPS) is 9.64. The molecule has 0 saturated heterocycles. The molecule has 11 heavy (non-hydrogen) atoms. The van der Waals surface area contributed by atoms with Crippen molar-refractivity contribution in [3.63, 3.8) is 0 Å². The summed E-state index contributed by atoms with van der Waals surface area (Å²) in [5.74, 6) is 0.665. The van der Waals surface area contributed by atoms with E-state index in [9.17, 15) is 0 Å². The summed E-state index contributed by atoms with van der Waals surface area (Å²) in [5, 5.41) is 0. The molecule has 1 rings (SSSR count). The third-order valence-corrected chi connectivity index (χ3v) is 1.90. The average molecular weight is 264 g/mol. The molecule has 1 aromatic rings. The molecule has 2 N–H and O–H groups in total. The third-order valence-electron chi connectivity index (χ3n) is 1.08. The number of rotatable bonds is 3. The van der Waals surface area contributed by atoms with Crippen molar-refractivity contribution in [3.8, 4) is 5.88 Å². The maximum atomic E-state index is 5.27. The third kappa shape index (κ3) is 2.63. The highest BCUT2D eigenvalue weighted by atomic mass is 127. The van der Waals surface area contributed by atoms with Crippen LogP contribution in [-0.2, 0) is 0 Å². The minimum absolute atomic E-state index is 0.520. The van der Waals surface area contributed by atoms with Crippen molar-refractivity contribution in [2.24, 2.45) is 5.73 Å². The minimum atomic E-state index is 0.520. The number of hydrogen-bond donors (Lipinski definition) is 1. The molecule has 0 atom stereocenters. The van der Waals surface area contributed by atoms with Gasteiger partial charge in [0.2, 0.25) is 5.88 Å². The van der Waals surface area contributed by atoms with Crippen LogP contribution in [0, 0.1) is 3.57 Å². The molecule has 60 valence electrons. The highest BCUT2D eigenvalue weighted by molar-refractivity contribution is 14.1. The molecule has 0 spiro atoms. The summed E-state index contributed by atoms with van der Waals surface area (Å²) in [7, 11) is 0. The molecule has 0 fully saturated rings. The van der Waals surface area contributed by atoms with E-state index < -0.39 is 0 Å². The first-order valence-electron chi connectivity index (χ1n) is 3.28. The molecule has 0 aliphatic heterocycles. The van der Waals surface area contributed by atoms with Crippen LogP contribution in [0.3, 0.4) is 0 Å². The van der Waals surface area contributed by atoms with Crippen LogP contribution in [0.1, 0.15) is 0 Å². The van der Waals surface area contributed by atoms with Gasteiger partial charge in [0.15, 0.2) is 0 Å². The molecule has 1 aromatic heterocycles. The Morgan fingerprint density at radius 1 is 1.64 bits per heavy atom. The van der Waals surface area contributed by atoms with Gasteiger partial charge in [0.25, 0.3) is 0 Å². The van der Waals surface area contributed by atoms with Gasteiger partial charge in [-0.05, 0) is 34.7 Å². The molecule has 0 aliphatic carbocycles. The Labute approximate surface area is 79.1 Å². The van der Waals surface area contributed by atoms with Crippen LogP contribution in [0.25, 0.3) is 0 Å². The molecular weight excluding hydrogens is 255 g/mol. The molecule has 0 aliphatic rings. The lowest BCUT2D eigenvalue weighted by Crippen LogP contribution is -2.11. The minimum Gasteiger partial charge on any atom is -0.476 e. The van der Waals surface area contributed by atoms with Crippen molar-refractivity contribution in [2.45, 2.75) is 0 Å². The Hall–Kier alpha value is -0.360. The van der Waals surface area contributed by atoms with Crippen molar-refractivity contribution < 1.29 is 4.74 Å². The van der Waals surface area contributed by atoms with Crippen LogP contribution in [0.15, 0.2) is 18.3 Å². The maximum Gasteiger partial charge on any atom is 0.227 e. The van der Waals surface area contributed by atoms with Crippen molar-refractivity contribution in [2.75, 3.05) is 13.2 Å². The van der Waals surface area contributed by atoms with E-state index in [2.05, 4.69) is 27.6 Å². The summed E-state index contributed by atoms with van der Waals surface area (Å²) in [5.41, 5.74) is 5.27. The molecule has 4 heteroatoms. The fourth-order valence-electron chi connectivity index (χ4n) is 0.633. The second kappa shape index (κ2) is 4.50. The van der Waals surface area contributed by atoms with E-state index in [1.807, 2.05) is 12.1 Å². The van der Waals surface area contributed by atoms with Gasteiger partial charge < -0.3 is 10.5 Å². The molecule has 3 nitrogen and oxygen atoms in total. The quantitative estimate of drug-likeness (QED) is 0.829. The van der Waals surface area contributed by atoms with E-state index in [1.54, 1.807) is 6.20 Å². The van der Waals surface area contributed by atoms with E-state index in [0.717, 1.165) is 3.57 Å². The van der Waals surface area contributed by atoms with Gasteiger partial charge in [-0.1, -0.05) is 0 Å². The molecule has 1 heterocycles. The first-order chi connectivity index (χ1) is 5.34. The zero-order valence-electron chi connectivity index (χ0n) is 5.96. The van der Waals surface area contributed by atoms with Gasteiger partial charge in [0, 0.05) is 12.7 Å². The number of nitrogens with zero attached hydrogens (tertiary/aromatic N) is 1. The Kier molecular flexibility index (Phi) is 3.58. The Morgan fingerprint density at radius 3 is 3.09 bits per heavy atom. The summed E-state index contributed by atoms with van der Waals surface area (Å²) >= 11 is 2.17. The van der Waals surface area contributed by atoms with Gasteiger partial charge in [-0.15, -0.1) is 0 Å². The second-order valence-corrected chi connectivity index (χ2v) is 3.09. The fourth-order valence-corrected chi connectivity index (χ4v) is 1.14. The molecule has 0 bridgehead atoms. The lowest BCUT2D eigenvalue weighted by atomic mass is 10.5. The summed E-state index contributed by atoms with van der Waals surface area (Å²) in [6.45, 7) is 1.04. The van der Waals surface area contributed by atoms with Gasteiger partial charge >= 0.3 is 0 Å². The largest absolute Gasteiger partial charge is 0.476 e. The highest BCUT2D eigenvalue weighted by Gasteiger charge is 1.98. The maximum absolute atomic E-state index is 5.27. The second-order valence-electron chi connectivity index (χ2n) is 1.93. The molecule has 0 radical (unpaired) electrons. The topological polar surface area (TPSA) is 48.1 Å². The SMILES string of the molecule is NCCOc1ncccc1I. The van der Waals surface area contributed by atoms with Gasteiger partial charge in [0.1, 0.15) is 6.61 Å². The molecule has 0 saturated carbocycles. The lowest BCUT2D eigenvalue weighted by molar-refractivity contribution is 0.313. The molecule has 0 aromatic carbocycles. The van der Waals surface area contributed by atoms with E-state index in [4.69, 9.17) is 10.5 Å². The summed E-state index contributed by atoms with van der Waals surface area (Å²) in [6, 6.07) is 3.82. The lowest BCUT2D eigenvalue weighted by Gasteiger charge is -2.03. The van der Waals surface area contributed by atoms with Gasteiger partial charge in [-0.25, -0.2) is 4.98 Å². The fraction of sp³-hybridized carbons (Fsp3) is 0.286. The molecule has 0 amide bonds. The van der Waals surface area contributed by atoms with Gasteiger partial charge in [-0.2, -0.15) is 0 Å². The predicted octanol–water partition coefficient (Wildman–Crippen LogP) is 1.02. The predicted molar refractivity (Wildman–Crippen MR) is 51.5 cm³/mol. The molecular formula is C7H9IN2O.